The van der Waals surface area contributed by atoms with E-state index in [1.807, 2.05) is 29.6 Å². The second-order valence-electron chi connectivity index (χ2n) is 5.51. The van der Waals surface area contributed by atoms with Crippen molar-refractivity contribution in [2.75, 3.05) is 5.73 Å². The maximum atomic E-state index is 12.7. The van der Waals surface area contributed by atoms with E-state index >= 15 is 0 Å². The van der Waals surface area contributed by atoms with Gasteiger partial charge in [-0.15, -0.1) is 11.3 Å². The zero-order valence-corrected chi connectivity index (χ0v) is 13.1. The first-order chi connectivity index (χ1) is 11.2. The van der Waals surface area contributed by atoms with Crippen LogP contribution >= 0.6 is 11.3 Å². The predicted octanol–water partition coefficient (Wildman–Crippen LogP) is 3.40. The van der Waals surface area contributed by atoms with Crippen LogP contribution in [0.2, 0.25) is 0 Å². The smallest absolute Gasteiger partial charge is 0.259 e. The Balaban J connectivity index is 1.63. The summed E-state index contributed by atoms with van der Waals surface area (Å²) in [5.74, 6) is -0.189. The molecule has 0 bridgehead atoms. The number of carbonyl (C=O) groups excluding carboxylic acids is 1. The average Bonchev–Trinajstić information content (AvgIpc) is 3.27. The molecular weight excluding hydrogens is 310 g/mol. The summed E-state index contributed by atoms with van der Waals surface area (Å²) < 4.78 is 5.05. The highest BCUT2D eigenvalue weighted by Gasteiger charge is 2.28. The monoisotopic (exact) mass is 325 g/mol. The quantitative estimate of drug-likeness (QED) is 0.773. The molecule has 23 heavy (non-hydrogen) atoms. The van der Waals surface area contributed by atoms with E-state index in [0.29, 0.717) is 11.3 Å². The molecule has 3 N–H and O–H groups in total. The van der Waals surface area contributed by atoms with Crippen molar-refractivity contribution in [2.24, 2.45) is 0 Å². The first kappa shape index (κ1) is 14.0. The van der Waals surface area contributed by atoms with Crippen LogP contribution in [0.25, 0.3) is 10.6 Å². The number of carbonyl (C=O) groups is 1. The molecule has 2 aromatic heterocycles. The normalized spacial score (nSPS) is 16.3. The Morgan fingerprint density at radius 1 is 1.30 bits per heavy atom. The van der Waals surface area contributed by atoms with Gasteiger partial charge in [0.15, 0.2) is 0 Å². The van der Waals surface area contributed by atoms with Gasteiger partial charge in [0.2, 0.25) is 5.88 Å². The summed E-state index contributed by atoms with van der Waals surface area (Å²) in [5, 5.41) is 8.94. The van der Waals surface area contributed by atoms with Crippen molar-refractivity contribution < 1.29 is 9.32 Å². The van der Waals surface area contributed by atoms with E-state index in [2.05, 4.69) is 22.6 Å². The van der Waals surface area contributed by atoms with Crippen LogP contribution in [0.15, 0.2) is 46.3 Å². The van der Waals surface area contributed by atoms with E-state index in [1.54, 1.807) is 0 Å². The number of hydrogen-bond donors (Lipinski definition) is 2. The number of rotatable bonds is 3. The van der Waals surface area contributed by atoms with Gasteiger partial charge in [-0.25, -0.2) is 0 Å². The van der Waals surface area contributed by atoms with Gasteiger partial charge < -0.3 is 15.6 Å². The largest absolute Gasteiger partial charge is 0.367 e. The first-order valence-corrected chi connectivity index (χ1v) is 8.29. The van der Waals surface area contributed by atoms with Gasteiger partial charge >= 0.3 is 0 Å². The molecule has 2 heterocycles. The summed E-state index contributed by atoms with van der Waals surface area (Å²) in [6.45, 7) is 0. The van der Waals surface area contributed by atoms with E-state index in [-0.39, 0.29) is 17.8 Å². The Hall–Kier alpha value is -2.60. The van der Waals surface area contributed by atoms with Crippen molar-refractivity contribution in [1.82, 2.24) is 10.5 Å². The number of anilines is 1. The summed E-state index contributed by atoms with van der Waals surface area (Å²) in [6.07, 6.45) is 1.86. The molecule has 116 valence electrons. The topological polar surface area (TPSA) is 81.2 Å². The highest BCUT2D eigenvalue weighted by Crippen LogP contribution is 2.33. The van der Waals surface area contributed by atoms with Crippen LogP contribution in [-0.4, -0.2) is 11.1 Å². The Bertz CT molecular complexity index is 855. The predicted molar refractivity (Wildman–Crippen MR) is 89.2 cm³/mol. The van der Waals surface area contributed by atoms with Crippen molar-refractivity contribution in [3.63, 3.8) is 0 Å². The van der Waals surface area contributed by atoms with E-state index in [1.165, 1.54) is 22.5 Å². The molecule has 0 aliphatic heterocycles. The third-order valence-corrected chi connectivity index (χ3v) is 5.01. The van der Waals surface area contributed by atoms with Crippen molar-refractivity contribution in [2.45, 2.75) is 18.9 Å². The second kappa shape index (κ2) is 5.55. The van der Waals surface area contributed by atoms with E-state index < -0.39 is 0 Å². The highest BCUT2D eigenvalue weighted by atomic mass is 32.1. The molecule has 5 nitrogen and oxygen atoms in total. The zero-order valence-electron chi connectivity index (χ0n) is 12.3. The molecule has 0 fully saturated rings. The van der Waals surface area contributed by atoms with Crippen molar-refractivity contribution in [1.29, 1.82) is 0 Å². The van der Waals surface area contributed by atoms with Crippen LogP contribution in [0.3, 0.4) is 0 Å². The number of benzene rings is 1. The Kier molecular flexibility index (Phi) is 3.38. The maximum Gasteiger partial charge on any atom is 0.259 e. The fourth-order valence-corrected chi connectivity index (χ4v) is 3.75. The molecular formula is C17H15N3O2S. The van der Waals surface area contributed by atoms with E-state index in [9.17, 15) is 4.79 Å². The SMILES string of the molecule is Nc1onc(-c2cccs2)c1C(=O)NC1CCc2ccccc21. The molecule has 1 amide bonds. The fourth-order valence-electron chi connectivity index (χ4n) is 3.04. The van der Waals surface area contributed by atoms with Gasteiger partial charge in [0.05, 0.1) is 10.9 Å². The minimum Gasteiger partial charge on any atom is -0.367 e. The number of hydrogen-bond acceptors (Lipinski definition) is 5. The maximum absolute atomic E-state index is 12.7. The molecule has 1 atom stereocenters. The lowest BCUT2D eigenvalue weighted by Crippen LogP contribution is -2.27. The molecule has 0 saturated heterocycles. The number of nitrogen functional groups attached to an aromatic ring is 1. The summed E-state index contributed by atoms with van der Waals surface area (Å²) in [5.41, 5.74) is 9.11. The van der Waals surface area contributed by atoms with Crippen LogP contribution in [0.5, 0.6) is 0 Å². The minimum atomic E-state index is -0.242. The lowest BCUT2D eigenvalue weighted by molar-refractivity contribution is 0.0938. The molecule has 4 rings (SSSR count). The Labute approximate surface area is 137 Å². The Morgan fingerprint density at radius 2 is 2.17 bits per heavy atom. The standard InChI is InChI=1S/C17H15N3O2S/c18-16-14(15(20-22-16)13-6-3-9-23-13)17(21)19-12-8-7-10-4-1-2-5-11(10)12/h1-6,9,12H,7-8,18H2,(H,19,21). The first-order valence-electron chi connectivity index (χ1n) is 7.41. The number of nitrogens with zero attached hydrogens (tertiary/aromatic N) is 1. The van der Waals surface area contributed by atoms with Crippen molar-refractivity contribution >= 4 is 23.1 Å². The summed E-state index contributed by atoms with van der Waals surface area (Å²) >= 11 is 1.49. The summed E-state index contributed by atoms with van der Waals surface area (Å²) in [7, 11) is 0. The van der Waals surface area contributed by atoms with Gasteiger partial charge in [0.25, 0.3) is 5.91 Å². The highest BCUT2D eigenvalue weighted by molar-refractivity contribution is 7.13. The van der Waals surface area contributed by atoms with Crippen LogP contribution in [0.4, 0.5) is 5.88 Å². The molecule has 3 aromatic rings. The van der Waals surface area contributed by atoms with Gasteiger partial charge in [-0.2, -0.15) is 0 Å². The average molecular weight is 325 g/mol. The molecule has 1 unspecified atom stereocenters. The molecule has 0 spiro atoms. The molecule has 0 radical (unpaired) electrons. The number of nitrogens with two attached hydrogens (primary N) is 1. The molecule has 1 aromatic carbocycles. The van der Waals surface area contributed by atoms with E-state index in [4.69, 9.17) is 10.3 Å². The number of aromatic nitrogens is 1. The second-order valence-corrected chi connectivity index (χ2v) is 6.46. The Morgan fingerprint density at radius 3 is 3.00 bits per heavy atom. The third-order valence-electron chi connectivity index (χ3n) is 4.14. The number of aryl methyl sites for hydroxylation is 1. The van der Waals surface area contributed by atoms with Crippen LogP contribution in [0, 0.1) is 0 Å². The summed E-state index contributed by atoms with van der Waals surface area (Å²) in [4.78, 5) is 13.6. The van der Waals surface area contributed by atoms with Gasteiger partial charge in [-0.3, -0.25) is 4.79 Å². The summed E-state index contributed by atoms with van der Waals surface area (Å²) in [6, 6.07) is 12.0. The number of nitrogens with one attached hydrogen (secondary N) is 1. The minimum absolute atomic E-state index is 0.00388. The van der Waals surface area contributed by atoms with Crippen LogP contribution in [-0.2, 0) is 6.42 Å². The number of amides is 1. The van der Waals surface area contributed by atoms with Gasteiger partial charge in [0.1, 0.15) is 11.3 Å². The third kappa shape index (κ3) is 2.41. The van der Waals surface area contributed by atoms with Crippen molar-refractivity contribution in [3.05, 3.63) is 58.5 Å². The number of fused-ring (bicyclic) bond motifs is 1. The van der Waals surface area contributed by atoms with Gasteiger partial charge in [0, 0.05) is 0 Å². The zero-order chi connectivity index (χ0) is 15.8. The molecule has 0 saturated carbocycles. The van der Waals surface area contributed by atoms with Crippen LogP contribution < -0.4 is 11.1 Å². The lowest BCUT2D eigenvalue weighted by Gasteiger charge is -2.13. The lowest BCUT2D eigenvalue weighted by atomic mass is 10.1. The van der Waals surface area contributed by atoms with Gasteiger partial charge in [-0.1, -0.05) is 35.5 Å². The molecule has 6 heteroatoms. The molecule has 1 aliphatic rings. The fraction of sp³-hybridized carbons (Fsp3) is 0.176. The van der Waals surface area contributed by atoms with Crippen LogP contribution in [0.1, 0.15) is 33.9 Å². The van der Waals surface area contributed by atoms with E-state index in [0.717, 1.165) is 17.7 Å². The number of thiophene rings is 1. The molecule has 1 aliphatic carbocycles. The van der Waals surface area contributed by atoms with Gasteiger partial charge in [-0.05, 0) is 35.4 Å². The van der Waals surface area contributed by atoms with Crippen molar-refractivity contribution in [3.8, 4) is 10.6 Å².